The first-order chi connectivity index (χ1) is 26.2. The Kier molecular flexibility index (Phi) is 10.4. The van der Waals surface area contributed by atoms with E-state index in [4.69, 9.17) is 22.1 Å². The van der Waals surface area contributed by atoms with E-state index < -0.39 is 28.8 Å². The van der Waals surface area contributed by atoms with Gasteiger partial charge in [-0.1, -0.05) is 39.3 Å². The van der Waals surface area contributed by atoms with Crippen LogP contribution >= 0.6 is 11.6 Å². The molecular weight excluding hydrogens is 718 g/mol. The molecule has 55 heavy (non-hydrogen) atoms. The lowest BCUT2D eigenvalue weighted by Gasteiger charge is -2.66. The van der Waals surface area contributed by atoms with Gasteiger partial charge in [0.25, 0.3) is 11.8 Å². The van der Waals surface area contributed by atoms with Gasteiger partial charge in [-0.2, -0.15) is 5.26 Å². The van der Waals surface area contributed by atoms with Crippen LogP contribution in [0.25, 0.3) is 0 Å². The van der Waals surface area contributed by atoms with Gasteiger partial charge in [-0.05, 0) is 80.3 Å². The van der Waals surface area contributed by atoms with Crippen LogP contribution in [0.5, 0.6) is 5.75 Å². The summed E-state index contributed by atoms with van der Waals surface area (Å²) in [4.78, 5) is 65.3. The second-order valence-electron chi connectivity index (χ2n) is 16.4. The number of aryl methyl sites for hydroxylation is 1. The molecule has 1 unspecified atom stereocenters. The summed E-state index contributed by atoms with van der Waals surface area (Å²) in [6.45, 7) is 12.9. The molecule has 4 aliphatic rings. The number of amides is 4. The van der Waals surface area contributed by atoms with E-state index in [1.807, 2.05) is 45.9 Å². The largest absolute Gasteiger partial charge is 0.489 e. The molecule has 1 aliphatic carbocycles. The Bertz CT molecular complexity index is 2040. The molecule has 0 spiro atoms. The SMILES string of the molecule is CC1(C)C(Oc2ccc(C#N)c(Cl)c2)C(C)(C)C1N1C(=O)CCC(N2Cc3cc(N4CCN(CCCCc5ccc(C(N)=O)cn5)CC4)ccc3C2=O)C1=O. The van der Waals surface area contributed by atoms with Crippen molar-refractivity contribution in [2.75, 3.05) is 37.6 Å². The first-order valence-electron chi connectivity index (χ1n) is 19.1. The van der Waals surface area contributed by atoms with Crippen LogP contribution in [0.2, 0.25) is 5.02 Å². The van der Waals surface area contributed by atoms with Crippen LogP contribution in [0.4, 0.5) is 5.69 Å². The van der Waals surface area contributed by atoms with E-state index in [-0.39, 0.29) is 36.7 Å². The molecule has 1 atom stereocenters. The molecule has 3 aliphatic heterocycles. The van der Waals surface area contributed by atoms with E-state index in [0.29, 0.717) is 34.0 Å². The summed E-state index contributed by atoms with van der Waals surface area (Å²) in [5, 5.41) is 9.57. The molecule has 13 heteroatoms. The van der Waals surface area contributed by atoms with Gasteiger partial charge >= 0.3 is 0 Å². The monoisotopic (exact) mass is 765 g/mol. The van der Waals surface area contributed by atoms with Crippen molar-refractivity contribution in [2.45, 2.75) is 84.5 Å². The van der Waals surface area contributed by atoms with Crippen molar-refractivity contribution < 1.29 is 23.9 Å². The Hall–Kier alpha value is -4.99. The first kappa shape index (κ1) is 38.3. The summed E-state index contributed by atoms with van der Waals surface area (Å²) in [7, 11) is 0. The number of unbranched alkanes of at least 4 members (excludes halogenated alkanes) is 1. The highest BCUT2D eigenvalue weighted by atomic mass is 35.5. The van der Waals surface area contributed by atoms with Gasteiger partial charge in [0.1, 0.15) is 24.0 Å². The molecule has 2 N–H and O–H groups in total. The van der Waals surface area contributed by atoms with Crippen LogP contribution in [0.15, 0.2) is 54.7 Å². The first-order valence-corrected chi connectivity index (χ1v) is 19.5. The number of hydrogen-bond acceptors (Lipinski definition) is 9. The van der Waals surface area contributed by atoms with Gasteiger partial charge in [-0.15, -0.1) is 0 Å². The summed E-state index contributed by atoms with van der Waals surface area (Å²) in [5.41, 5.74) is 8.41. The number of primary amides is 1. The smallest absolute Gasteiger partial charge is 0.255 e. The normalized spacial score (nSPS) is 23.3. The van der Waals surface area contributed by atoms with Gasteiger partial charge in [0.2, 0.25) is 11.8 Å². The standard InChI is InChI=1S/C42H48ClN7O5/c1-41(2)39(42(3,4)40(41)55-31-12-9-26(23-44)33(43)22-31)50-35(51)15-14-34(38(50)54)49-25-28-21-30(11-13-32(28)37(49)53)48-19-17-47(18-20-48)16-6-5-7-29-10-8-27(24-46-29)36(45)52/h8-13,21-22,24,34,39-40H,5-7,14-20,25H2,1-4H3,(H2,45,52). The van der Waals surface area contributed by atoms with Gasteiger partial charge in [0, 0.05) is 79.2 Å². The quantitative estimate of drug-likeness (QED) is 0.205. The molecule has 4 amide bonds. The minimum atomic E-state index is -0.737. The Balaban J connectivity index is 0.950. The van der Waals surface area contributed by atoms with Crippen molar-refractivity contribution in [1.82, 2.24) is 19.7 Å². The van der Waals surface area contributed by atoms with Crippen molar-refractivity contribution in [1.29, 1.82) is 5.26 Å². The molecule has 0 radical (unpaired) electrons. The van der Waals surface area contributed by atoms with Crippen molar-refractivity contribution in [3.05, 3.63) is 87.7 Å². The third kappa shape index (κ3) is 7.16. The Morgan fingerprint density at radius 2 is 1.75 bits per heavy atom. The third-order valence-electron chi connectivity index (χ3n) is 12.1. The molecule has 1 aromatic heterocycles. The molecule has 288 valence electrons. The number of nitrogens with two attached hydrogens (primary N) is 1. The maximum absolute atomic E-state index is 14.3. The maximum Gasteiger partial charge on any atom is 0.255 e. The lowest BCUT2D eigenvalue weighted by Crippen LogP contribution is -2.77. The summed E-state index contributed by atoms with van der Waals surface area (Å²) in [6.07, 6.45) is 4.56. The molecule has 1 saturated carbocycles. The minimum absolute atomic E-state index is 0.173. The second-order valence-corrected chi connectivity index (χ2v) is 16.8. The molecule has 2 saturated heterocycles. The highest BCUT2D eigenvalue weighted by molar-refractivity contribution is 6.31. The number of rotatable bonds is 11. The van der Waals surface area contributed by atoms with Crippen molar-refractivity contribution in [3.8, 4) is 11.8 Å². The average molecular weight is 766 g/mol. The average Bonchev–Trinajstić information content (AvgIpc) is 3.49. The summed E-state index contributed by atoms with van der Waals surface area (Å²) >= 11 is 6.28. The second kappa shape index (κ2) is 14.9. The maximum atomic E-state index is 14.3. The number of imide groups is 1. The van der Waals surface area contributed by atoms with Gasteiger partial charge in [0.15, 0.2) is 0 Å². The molecule has 3 fully saturated rings. The van der Waals surface area contributed by atoms with Crippen LogP contribution in [-0.4, -0.2) is 94.2 Å². The van der Waals surface area contributed by atoms with Crippen LogP contribution in [0.3, 0.4) is 0 Å². The fraction of sp³-hybridized carbons (Fsp3) is 0.476. The van der Waals surface area contributed by atoms with Crippen LogP contribution in [-0.2, 0) is 22.6 Å². The van der Waals surface area contributed by atoms with Gasteiger partial charge in [-0.25, -0.2) is 0 Å². The summed E-state index contributed by atoms with van der Waals surface area (Å²) < 4.78 is 6.42. The number of carbonyl (C=O) groups excluding carboxylic acids is 4. The van der Waals surface area contributed by atoms with E-state index in [1.54, 1.807) is 29.2 Å². The van der Waals surface area contributed by atoms with E-state index in [2.05, 4.69) is 26.9 Å². The third-order valence-corrected chi connectivity index (χ3v) is 12.4. The van der Waals surface area contributed by atoms with Gasteiger partial charge in [-0.3, -0.25) is 34.0 Å². The number of nitriles is 1. The van der Waals surface area contributed by atoms with Crippen molar-refractivity contribution >= 4 is 40.9 Å². The highest BCUT2D eigenvalue weighted by Crippen LogP contribution is 2.58. The number of likely N-dealkylation sites (tertiary alicyclic amines) is 1. The zero-order valence-electron chi connectivity index (χ0n) is 31.9. The summed E-state index contributed by atoms with van der Waals surface area (Å²) in [6, 6.07) is 15.4. The molecule has 7 rings (SSSR count). The van der Waals surface area contributed by atoms with Crippen LogP contribution in [0.1, 0.15) is 90.9 Å². The van der Waals surface area contributed by atoms with Gasteiger partial charge < -0.3 is 20.3 Å². The number of benzene rings is 2. The van der Waals surface area contributed by atoms with Crippen molar-refractivity contribution in [3.63, 3.8) is 0 Å². The number of ether oxygens (including phenoxy) is 1. The number of halogens is 1. The number of hydrogen-bond donors (Lipinski definition) is 1. The minimum Gasteiger partial charge on any atom is -0.489 e. The number of fused-ring (bicyclic) bond motifs is 1. The van der Waals surface area contributed by atoms with E-state index in [0.717, 1.165) is 68.9 Å². The lowest BCUT2D eigenvalue weighted by atomic mass is 9.48. The molecule has 4 heterocycles. The molecular formula is C42H48ClN7O5. The van der Waals surface area contributed by atoms with Crippen LogP contribution in [0, 0.1) is 22.2 Å². The Morgan fingerprint density at radius 3 is 2.40 bits per heavy atom. The Labute approximate surface area is 327 Å². The number of pyridine rings is 1. The van der Waals surface area contributed by atoms with E-state index in [9.17, 15) is 24.4 Å². The van der Waals surface area contributed by atoms with Crippen molar-refractivity contribution in [2.24, 2.45) is 16.6 Å². The van der Waals surface area contributed by atoms with E-state index >= 15 is 0 Å². The lowest BCUT2D eigenvalue weighted by molar-refractivity contribution is -0.216. The molecule has 12 nitrogen and oxygen atoms in total. The van der Waals surface area contributed by atoms with Gasteiger partial charge in [0.05, 0.1) is 22.2 Å². The van der Waals surface area contributed by atoms with Crippen LogP contribution < -0.4 is 15.4 Å². The number of piperidine rings is 1. The number of piperazine rings is 1. The molecule has 3 aromatic rings. The number of carbonyl (C=O) groups is 4. The fourth-order valence-corrected chi connectivity index (χ4v) is 9.80. The molecule has 0 bridgehead atoms. The zero-order chi connectivity index (χ0) is 39.2. The predicted octanol–water partition coefficient (Wildman–Crippen LogP) is 5.21. The van der Waals surface area contributed by atoms with E-state index in [1.165, 1.54) is 11.1 Å². The number of nitrogens with zero attached hydrogens (tertiary/aromatic N) is 6. The topological polar surface area (TPSA) is 153 Å². The highest BCUT2D eigenvalue weighted by Gasteiger charge is 2.68. The predicted molar refractivity (Wildman–Crippen MR) is 207 cm³/mol. The summed E-state index contributed by atoms with van der Waals surface area (Å²) in [5.74, 6) is -0.697. The Morgan fingerprint density at radius 1 is 1.00 bits per heavy atom. The fourth-order valence-electron chi connectivity index (χ4n) is 9.59. The number of aromatic nitrogens is 1. The molecule has 2 aromatic carbocycles. The zero-order valence-corrected chi connectivity index (χ0v) is 32.6. The number of anilines is 1.